The Morgan fingerprint density at radius 1 is 1.39 bits per heavy atom. The number of amides is 1. The molecule has 2 atom stereocenters. The summed E-state index contributed by atoms with van der Waals surface area (Å²) in [5, 5.41) is 11.9. The van der Waals surface area contributed by atoms with Gasteiger partial charge in [0.2, 0.25) is 5.91 Å². The molecule has 1 aliphatic rings. The van der Waals surface area contributed by atoms with Crippen LogP contribution in [0.1, 0.15) is 26.7 Å². The van der Waals surface area contributed by atoms with E-state index in [9.17, 15) is 9.59 Å². The average Bonchev–Trinajstić information content (AvgIpc) is 2.38. The molecular weight excluding hydrogens is 236 g/mol. The molecule has 18 heavy (non-hydrogen) atoms. The van der Waals surface area contributed by atoms with Gasteiger partial charge < -0.3 is 14.7 Å². The lowest BCUT2D eigenvalue weighted by atomic mass is 10.1. The quantitative estimate of drug-likeness (QED) is 0.705. The minimum absolute atomic E-state index is 0.0550. The number of hydrogen-bond acceptors (Lipinski definition) is 4. The first-order chi connectivity index (χ1) is 8.56. The molecule has 6 heteroatoms. The number of aliphatic carboxylic acids is 1. The van der Waals surface area contributed by atoms with Crippen molar-refractivity contribution in [1.82, 2.24) is 10.2 Å². The summed E-state index contributed by atoms with van der Waals surface area (Å²) in [7, 11) is 0. The molecule has 0 saturated carbocycles. The fourth-order valence-electron chi connectivity index (χ4n) is 2.00. The Kier molecular flexibility index (Phi) is 6.07. The van der Waals surface area contributed by atoms with Crippen molar-refractivity contribution in [3.63, 3.8) is 0 Å². The molecule has 1 heterocycles. The van der Waals surface area contributed by atoms with Crippen LogP contribution in [-0.4, -0.2) is 60.3 Å². The lowest BCUT2D eigenvalue weighted by molar-refractivity contribution is -0.141. The van der Waals surface area contributed by atoms with Gasteiger partial charge in [0, 0.05) is 13.1 Å². The van der Waals surface area contributed by atoms with E-state index in [0.717, 1.165) is 6.42 Å². The summed E-state index contributed by atoms with van der Waals surface area (Å²) >= 11 is 0. The summed E-state index contributed by atoms with van der Waals surface area (Å²) < 4.78 is 5.18. The van der Waals surface area contributed by atoms with Crippen molar-refractivity contribution in [1.29, 1.82) is 0 Å². The van der Waals surface area contributed by atoms with Crippen LogP contribution in [0, 0.1) is 0 Å². The summed E-state index contributed by atoms with van der Waals surface area (Å²) in [5.41, 5.74) is 0. The number of carbonyl (C=O) groups excluding carboxylic acids is 1. The Balaban J connectivity index is 2.48. The van der Waals surface area contributed by atoms with E-state index in [-0.39, 0.29) is 5.91 Å². The highest BCUT2D eigenvalue weighted by atomic mass is 16.5. The number of morpholine rings is 1. The van der Waals surface area contributed by atoms with Gasteiger partial charge in [-0.15, -0.1) is 0 Å². The van der Waals surface area contributed by atoms with Gasteiger partial charge in [-0.1, -0.05) is 13.3 Å². The highest BCUT2D eigenvalue weighted by molar-refractivity contribution is 5.83. The smallest absolute Gasteiger partial charge is 0.320 e. The molecule has 0 bridgehead atoms. The number of carbonyl (C=O) groups is 2. The second kappa shape index (κ2) is 7.33. The van der Waals surface area contributed by atoms with E-state index >= 15 is 0 Å². The van der Waals surface area contributed by atoms with Gasteiger partial charge in [-0.25, -0.2) is 0 Å². The molecule has 0 aromatic rings. The van der Waals surface area contributed by atoms with Crippen LogP contribution in [0.15, 0.2) is 0 Å². The maximum Gasteiger partial charge on any atom is 0.320 e. The third kappa shape index (κ3) is 4.27. The van der Waals surface area contributed by atoms with Crippen LogP contribution in [0.2, 0.25) is 0 Å². The first kappa shape index (κ1) is 14.9. The van der Waals surface area contributed by atoms with Gasteiger partial charge in [0.05, 0.1) is 19.3 Å². The molecule has 0 radical (unpaired) electrons. The Morgan fingerprint density at radius 3 is 2.50 bits per heavy atom. The number of ether oxygens (including phenoxy) is 1. The van der Waals surface area contributed by atoms with E-state index < -0.39 is 18.1 Å². The maximum absolute atomic E-state index is 12.1. The van der Waals surface area contributed by atoms with Crippen LogP contribution < -0.4 is 5.32 Å². The zero-order valence-corrected chi connectivity index (χ0v) is 11.0. The Bertz CT molecular complexity index is 290. The van der Waals surface area contributed by atoms with E-state index in [0.29, 0.717) is 32.7 Å². The fraction of sp³-hybridized carbons (Fsp3) is 0.833. The number of rotatable bonds is 6. The van der Waals surface area contributed by atoms with Crippen LogP contribution in [0.4, 0.5) is 0 Å². The molecule has 2 N–H and O–H groups in total. The van der Waals surface area contributed by atoms with Gasteiger partial charge >= 0.3 is 5.97 Å². The van der Waals surface area contributed by atoms with E-state index in [2.05, 4.69) is 5.32 Å². The van der Waals surface area contributed by atoms with E-state index in [1.54, 1.807) is 11.8 Å². The molecule has 1 aliphatic heterocycles. The van der Waals surface area contributed by atoms with E-state index in [4.69, 9.17) is 9.84 Å². The largest absolute Gasteiger partial charge is 0.480 e. The SMILES string of the molecule is CCCC(NC(C)C(=O)N1CCOCC1)C(=O)O. The topological polar surface area (TPSA) is 78.9 Å². The fourth-order valence-corrected chi connectivity index (χ4v) is 2.00. The van der Waals surface area contributed by atoms with Gasteiger partial charge in [-0.05, 0) is 13.3 Å². The summed E-state index contributed by atoms with van der Waals surface area (Å²) in [5.74, 6) is -0.959. The number of nitrogens with one attached hydrogen (secondary N) is 1. The molecule has 2 unspecified atom stereocenters. The third-order valence-corrected chi connectivity index (χ3v) is 3.02. The molecule has 0 spiro atoms. The first-order valence-corrected chi connectivity index (χ1v) is 6.41. The van der Waals surface area contributed by atoms with Crippen LogP contribution >= 0.6 is 0 Å². The van der Waals surface area contributed by atoms with Crippen LogP contribution in [0.3, 0.4) is 0 Å². The minimum atomic E-state index is -0.904. The number of nitrogens with zero attached hydrogens (tertiary/aromatic N) is 1. The summed E-state index contributed by atoms with van der Waals surface area (Å²) in [6.07, 6.45) is 1.29. The zero-order chi connectivity index (χ0) is 13.5. The van der Waals surface area contributed by atoms with Crippen molar-refractivity contribution in [2.24, 2.45) is 0 Å². The van der Waals surface area contributed by atoms with Crippen molar-refractivity contribution in [2.45, 2.75) is 38.8 Å². The first-order valence-electron chi connectivity index (χ1n) is 6.41. The van der Waals surface area contributed by atoms with Gasteiger partial charge in [0.15, 0.2) is 0 Å². The second-order valence-electron chi connectivity index (χ2n) is 4.51. The average molecular weight is 258 g/mol. The molecule has 0 aliphatic carbocycles. The third-order valence-electron chi connectivity index (χ3n) is 3.02. The Hall–Kier alpha value is -1.14. The molecule has 1 saturated heterocycles. The molecule has 1 rings (SSSR count). The summed E-state index contributed by atoms with van der Waals surface area (Å²) in [6, 6.07) is -1.13. The normalized spacial score (nSPS) is 19.3. The van der Waals surface area contributed by atoms with Crippen molar-refractivity contribution in [3.8, 4) is 0 Å². The van der Waals surface area contributed by atoms with Crippen LogP contribution in [0.25, 0.3) is 0 Å². The van der Waals surface area contributed by atoms with Crippen LogP contribution in [-0.2, 0) is 14.3 Å². The van der Waals surface area contributed by atoms with Crippen molar-refractivity contribution in [3.05, 3.63) is 0 Å². The summed E-state index contributed by atoms with van der Waals surface area (Å²) in [4.78, 5) is 24.8. The number of carboxylic acids is 1. The lowest BCUT2D eigenvalue weighted by Crippen LogP contribution is -2.53. The van der Waals surface area contributed by atoms with E-state index in [1.165, 1.54) is 0 Å². The molecule has 1 amide bonds. The monoisotopic (exact) mass is 258 g/mol. The lowest BCUT2D eigenvalue weighted by Gasteiger charge is -2.30. The van der Waals surface area contributed by atoms with Gasteiger partial charge in [0.1, 0.15) is 6.04 Å². The zero-order valence-electron chi connectivity index (χ0n) is 11.0. The molecular formula is C12H22N2O4. The number of carboxylic acid groups (broad SMARTS) is 1. The van der Waals surface area contributed by atoms with Crippen molar-refractivity contribution >= 4 is 11.9 Å². The van der Waals surface area contributed by atoms with Crippen molar-refractivity contribution in [2.75, 3.05) is 26.3 Å². The molecule has 0 aromatic heterocycles. The summed E-state index contributed by atoms with van der Waals surface area (Å²) in [6.45, 7) is 5.90. The number of hydrogen-bond donors (Lipinski definition) is 2. The molecule has 6 nitrogen and oxygen atoms in total. The highest BCUT2D eigenvalue weighted by Crippen LogP contribution is 2.04. The Labute approximate surface area is 107 Å². The van der Waals surface area contributed by atoms with Gasteiger partial charge in [-0.2, -0.15) is 0 Å². The van der Waals surface area contributed by atoms with E-state index in [1.807, 2.05) is 6.92 Å². The predicted molar refractivity (Wildman–Crippen MR) is 66.3 cm³/mol. The standard InChI is InChI=1S/C12H22N2O4/c1-3-4-10(12(16)17)13-9(2)11(15)14-5-7-18-8-6-14/h9-10,13H,3-8H2,1-2H3,(H,16,17). The van der Waals surface area contributed by atoms with Crippen molar-refractivity contribution < 1.29 is 19.4 Å². The second-order valence-corrected chi connectivity index (χ2v) is 4.51. The predicted octanol–water partition coefficient (Wildman–Crippen LogP) is 0.0766. The van der Waals surface area contributed by atoms with Gasteiger partial charge in [0.25, 0.3) is 0 Å². The minimum Gasteiger partial charge on any atom is -0.480 e. The van der Waals surface area contributed by atoms with Crippen LogP contribution in [0.5, 0.6) is 0 Å². The molecule has 1 fully saturated rings. The maximum atomic E-state index is 12.1. The highest BCUT2D eigenvalue weighted by Gasteiger charge is 2.26. The van der Waals surface area contributed by atoms with Gasteiger partial charge in [-0.3, -0.25) is 14.9 Å². The Morgan fingerprint density at radius 2 is 2.00 bits per heavy atom. The molecule has 104 valence electrons. The molecule has 0 aromatic carbocycles.